The van der Waals surface area contributed by atoms with Gasteiger partial charge in [0.1, 0.15) is 18.0 Å². The van der Waals surface area contributed by atoms with Gasteiger partial charge in [-0.15, -0.1) is 0 Å². The zero-order valence-corrected chi connectivity index (χ0v) is 16.4. The monoisotopic (exact) mass is 398 g/mol. The number of hydrogen-bond donors (Lipinski definition) is 2. The molecule has 2 N–H and O–H groups in total. The first kappa shape index (κ1) is 18.4. The lowest BCUT2D eigenvalue weighted by Gasteiger charge is -2.19. The minimum absolute atomic E-state index is 0.245. The number of ether oxygens (including phenoxy) is 2. The molecular formula is C21H19ClN2O4. The summed E-state index contributed by atoms with van der Waals surface area (Å²) >= 11 is 6.11. The van der Waals surface area contributed by atoms with Crippen molar-refractivity contribution in [2.45, 2.75) is 33.0 Å². The third kappa shape index (κ3) is 3.43. The van der Waals surface area contributed by atoms with E-state index in [1.165, 1.54) is 0 Å². The number of amides is 2. The van der Waals surface area contributed by atoms with Gasteiger partial charge in [-0.3, -0.25) is 10.1 Å². The fourth-order valence-corrected chi connectivity index (χ4v) is 3.38. The van der Waals surface area contributed by atoms with Crippen LogP contribution in [0, 0.1) is 0 Å². The highest BCUT2D eigenvalue weighted by molar-refractivity contribution is 6.38. The Labute approximate surface area is 167 Å². The summed E-state index contributed by atoms with van der Waals surface area (Å²) < 4.78 is 11.1. The Balaban J connectivity index is 1.72. The molecule has 7 heteroatoms. The first-order valence-corrected chi connectivity index (χ1v) is 9.21. The number of carbonyl (C=O) groups excluding carboxylic acids is 2. The summed E-state index contributed by atoms with van der Waals surface area (Å²) in [7, 11) is 0. The van der Waals surface area contributed by atoms with Crippen molar-refractivity contribution in [2.75, 3.05) is 10.6 Å². The number of anilines is 2. The number of hydrogen-bond acceptors (Lipinski definition) is 4. The molecule has 2 heterocycles. The Morgan fingerprint density at radius 3 is 2.71 bits per heavy atom. The van der Waals surface area contributed by atoms with Gasteiger partial charge in [-0.25, -0.2) is 4.79 Å². The second-order valence-electron chi connectivity index (χ2n) is 7.64. The van der Waals surface area contributed by atoms with Gasteiger partial charge in [0.05, 0.1) is 5.57 Å². The summed E-state index contributed by atoms with van der Waals surface area (Å²) in [4.78, 5) is 24.6. The summed E-state index contributed by atoms with van der Waals surface area (Å²) in [6.45, 7) is 5.75. The molecule has 6 nitrogen and oxygen atoms in total. The van der Waals surface area contributed by atoms with E-state index in [0.717, 1.165) is 11.1 Å². The van der Waals surface area contributed by atoms with Gasteiger partial charge in [-0.05, 0) is 51.1 Å². The molecular weight excluding hydrogens is 380 g/mol. The van der Waals surface area contributed by atoms with E-state index < -0.39 is 11.7 Å². The Morgan fingerprint density at radius 1 is 1.18 bits per heavy atom. The molecule has 0 saturated carbocycles. The number of fused-ring (bicyclic) bond motifs is 2. The molecule has 144 valence electrons. The normalized spacial score (nSPS) is 17.5. The van der Waals surface area contributed by atoms with Crippen molar-refractivity contribution >= 4 is 46.3 Å². The number of benzene rings is 2. The van der Waals surface area contributed by atoms with E-state index in [1.807, 2.05) is 6.07 Å². The molecule has 2 amide bonds. The van der Waals surface area contributed by atoms with Crippen molar-refractivity contribution in [3.05, 3.63) is 58.1 Å². The maximum absolute atomic E-state index is 12.6. The summed E-state index contributed by atoms with van der Waals surface area (Å²) in [5.74, 6) is 0.229. The van der Waals surface area contributed by atoms with Crippen LogP contribution in [0.15, 0.2) is 36.4 Å². The van der Waals surface area contributed by atoms with Crippen molar-refractivity contribution in [1.29, 1.82) is 0 Å². The molecule has 0 bridgehead atoms. The molecule has 2 aromatic rings. The number of nitrogens with one attached hydrogen (secondary N) is 2. The van der Waals surface area contributed by atoms with Gasteiger partial charge >= 0.3 is 6.09 Å². The maximum Gasteiger partial charge on any atom is 0.412 e. The molecule has 2 aromatic carbocycles. The predicted molar refractivity (Wildman–Crippen MR) is 108 cm³/mol. The average molecular weight is 399 g/mol. The summed E-state index contributed by atoms with van der Waals surface area (Å²) in [6.07, 6.45) is -0.545. The lowest BCUT2D eigenvalue weighted by molar-refractivity contribution is -0.110. The first-order chi connectivity index (χ1) is 13.2. The molecule has 0 fully saturated rings. The third-order valence-corrected chi connectivity index (χ3v) is 4.56. The minimum Gasteiger partial charge on any atom is -0.487 e. The highest BCUT2D eigenvalue weighted by Crippen LogP contribution is 2.43. The van der Waals surface area contributed by atoms with Crippen LogP contribution in [-0.2, 0) is 20.9 Å². The van der Waals surface area contributed by atoms with Gasteiger partial charge in [0, 0.05) is 33.1 Å². The van der Waals surface area contributed by atoms with Crippen LogP contribution in [0.3, 0.4) is 0 Å². The molecule has 2 aliphatic heterocycles. The van der Waals surface area contributed by atoms with Crippen LogP contribution in [0.5, 0.6) is 0 Å². The van der Waals surface area contributed by atoms with Crippen LogP contribution in [0.25, 0.3) is 11.3 Å². The van der Waals surface area contributed by atoms with E-state index in [4.69, 9.17) is 21.1 Å². The van der Waals surface area contributed by atoms with Crippen molar-refractivity contribution in [1.82, 2.24) is 0 Å². The van der Waals surface area contributed by atoms with Crippen LogP contribution in [0.4, 0.5) is 16.2 Å². The molecule has 0 unspecified atom stereocenters. The molecule has 0 aromatic heterocycles. The van der Waals surface area contributed by atoms with Crippen LogP contribution in [0.2, 0.25) is 5.02 Å². The summed E-state index contributed by atoms with van der Waals surface area (Å²) in [5.41, 5.74) is 3.48. The second-order valence-corrected chi connectivity index (χ2v) is 8.07. The lowest BCUT2D eigenvalue weighted by atomic mass is 10.00. The number of rotatable bonds is 1. The first-order valence-electron chi connectivity index (χ1n) is 8.83. The van der Waals surface area contributed by atoms with Crippen LogP contribution in [-0.4, -0.2) is 17.6 Å². The highest BCUT2D eigenvalue weighted by atomic mass is 35.5. The Hall–Kier alpha value is -2.99. The van der Waals surface area contributed by atoms with Crippen LogP contribution in [0.1, 0.15) is 37.5 Å². The van der Waals surface area contributed by atoms with E-state index >= 15 is 0 Å². The number of halogens is 1. The van der Waals surface area contributed by atoms with Gasteiger partial charge in [0.25, 0.3) is 5.91 Å². The lowest BCUT2D eigenvalue weighted by Crippen LogP contribution is -2.27. The molecule has 2 aliphatic rings. The average Bonchev–Trinajstić information content (AvgIpc) is 3.12. The molecule has 0 aliphatic carbocycles. The molecule has 0 atom stereocenters. The van der Waals surface area contributed by atoms with Crippen molar-refractivity contribution in [2.24, 2.45) is 0 Å². The SMILES string of the molecule is CC(C)(C)OC(=O)Nc1ccc2c(c1)/C(=C1/C(=O)Nc3ccc(Cl)cc31)OC2. The van der Waals surface area contributed by atoms with Gasteiger partial charge < -0.3 is 14.8 Å². The minimum atomic E-state index is -0.595. The second kappa shape index (κ2) is 6.56. The topological polar surface area (TPSA) is 76.7 Å². The van der Waals surface area contributed by atoms with Crippen molar-refractivity contribution in [3.8, 4) is 0 Å². The molecule has 0 radical (unpaired) electrons. The summed E-state index contributed by atoms with van der Waals surface area (Å²) in [6, 6.07) is 10.6. The van der Waals surface area contributed by atoms with E-state index in [0.29, 0.717) is 39.9 Å². The Morgan fingerprint density at radius 2 is 1.96 bits per heavy atom. The Kier molecular flexibility index (Phi) is 4.31. The van der Waals surface area contributed by atoms with E-state index in [1.54, 1.807) is 51.1 Å². The van der Waals surface area contributed by atoms with Crippen molar-refractivity contribution in [3.63, 3.8) is 0 Å². The van der Waals surface area contributed by atoms with E-state index in [-0.39, 0.29) is 5.91 Å². The smallest absolute Gasteiger partial charge is 0.412 e. The predicted octanol–water partition coefficient (Wildman–Crippen LogP) is 5.04. The maximum atomic E-state index is 12.6. The van der Waals surface area contributed by atoms with Crippen LogP contribution >= 0.6 is 11.6 Å². The van der Waals surface area contributed by atoms with Gasteiger partial charge in [0.2, 0.25) is 0 Å². The Bertz CT molecular complexity index is 1040. The van der Waals surface area contributed by atoms with E-state index in [9.17, 15) is 9.59 Å². The van der Waals surface area contributed by atoms with Gasteiger partial charge in [-0.2, -0.15) is 0 Å². The van der Waals surface area contributed by atoms with Gasteiger partial charge in [-0.1, -0.05) is 17.7 Å². The fourth-order valence-electron chi connectivity index (χ4n) is 3.21. The van der Waals surface area contributed by atoms with Crippen LogP contribution < -0.4 is 10.6 Å². The zero-order valence-electron chi connectivity index (χ0n) is 15.7. The molecule has 4 rings (SSSR count). The zero-order chi connectivity index (χ0) is 20.1. The van der Waals surface area contributed by atoms with E-state index in [2.05, 4.69) is 10.6 Å². The fraction of sp³-hybridized carbons (Fsp3) is 0.238. The quantitative estimate of drug-likeness (QED) is 0.660. The molecule has 0 spiro atoms. The third-order valence-electron chi connectivity index (χ3n) is 4.33. The number of carbonyl (C=O) groups is 2. The van der Waals surface area contributed by atoms with Crippen molar-refractivity contribution < 1.29 is 19.1 Å². The molecule has 28 heavy (non-hydrogen) atoms. The molecule has 0 saturated heterocycles. The largest absolute Gasteiger partial charge is 0.487 e. The highest BCUT2D eigenvalue weighted by Gasteiger charge is 2.33. The summed E-state index contributed by atoms with van der Waals surface area (Å²) in [5, 5.41) is 6.08. The van der Waals surface area contributed by atoms with Gasteiger partial charge in [0.15, 0.2) is 0 Å². The standard InChI is InChI=1S/C21H19ClN2O4/c1-21(2,3)28-20(26)23-13-6-4-11-10-27-18(14(11)9-13)17-15-8-12(22)5-7-16(15)24-19(17)25/h4-9H,10H2,1-3H3,(H,23,26)(H,24,25)/b18-17-.